The van der Waals surface area contributed by atoms with Crippen LogP contribution in [0.1, 0.15) is 21.8 Å². The van der Waals surface area contributed by atoms with E-state index in [1.165, 1.54) is 22.1 Å². The number of aryl methyl sites for hydroxylation is 2. The van der Waals surface area contributed by atoms with Crippen molar-refractivity contribution in [2.45, 2.75) is 19.9 Å². The molecule has 7 nitrogen and oxygen atoms in total. The molecule has 0 aliphatic carbocycles. The first-order valence-electron chi connectivity index (χ1n) is 7.56. The van der Waals surface area contributed by atoms with E-state index < -0.39 is 0 Å². The predicted octanol–water partition coefficient (Wildman–Crippen LogP) is 1.62. The summed E-state index contributed by atoms with van der Waals surface area (Å²) in [5.74, 6) is -0.142. The van der Waals surface area contributed by atoms with Crippen LogP contribution in [0, 0.1) is 6.92 Å². The van der Waals surface area contributed by atoms with Crippen molar-refractivity contribution in [3.05, 3.63) is 63.8 Å². The molecular formula is C16H17N5O2S. The highest BCUT2D eigenvalue weighted by atomic mass is 32.1. The molecule has 3 aromatic heterocycles. The third-order valence-electron chi connectivity index (χ3n) is 3.43. The largest absolute Gasteiger partial charge is 0.351 e. The Hall–Kier alpha value is -2.74. The van der Waals surface area contributed by atoms with Crippen molar-refractivity contribution in [2.24, 2.45) is 0 Å². The normalized spacial score (nSPS) is 10.7. The smallest absolute Gasteiger partial charge is 0.266 e. The van der Waals surface area contributed by atoms with Gasteiger partial charge in [0.2, 0.25) is 0 Å². The maximum absolute atomic E-state index is 12.3. The molecule has 3 aromatic rings. The lowest BCUT2D eigenvalue weighted by Gasteiger charge is -2.05. The molecule has 1 amide bonds. The number of nitrogens with zero attached hydrogens (tertiary/aromatic N) is 4. The van der Waals surface area contributed by atoms with E-state index in [0.717, 1.165) is 5.13 Å². The molecule has 1 N–H and O–H groups in total. The van der Waals surface area contributed by atoms with Crippen LogP contribution in [0.25, 0.3) is 5.13 Å². The Balaban J connectivity index is 1.56. The Morgan fingerprint density at radius 1 is 1.29 bits per heavy atom. The van der Waals surface area contributed by atoms with Crippen LogP contribution in [-0.2, 0) is 6.54 Å². The topological polar surface area (TPSA) is 81.8 Å². The highest BCUT2D eigenvalue weighted by molar-refractivity contribution is 7.16. The van der Waals surface area contributed by atoms with Crippen LogP contribution in [0.2, 0.25) is 0 Å². The summed E-state index contributed by atoms with van der Waals surface area (Å²) in [4.78, 5) is 28.9. The molecule has 0 saturated carbocycles. The average Bonchev–Trinajstić information content (AvgIpc) is 3.22. The second-order valence-corrected chi connectivity index (χ2v) is 6.17. The standard InChI is InChI=1S/C16H17N5O2S/c1-12-14(24-16(19-12)20-9-2-3-10-20)15(23)17-7-5-11-21-13(22)6-4-8-18-21/h2-4,6,8-10H,5,7,11H2,1H3,(H,17,23). The van der Waals surface area contributed by atoms with Crippen molar-refractivity contribution >= 4 is 17.2 Å². The van der Waals surface area contributed by atoms with E-state index >= 15 is 0 Å². The van der Waals surface area contributed by atoms with Crippen molar-refractivity contribution in [3.8, 4) is 5.13 Å². The fraction of sp³-hybridized carbons (Fsp3) is 0.250. The number of amides is 1. The van der Waals surface area contributed by atoms with Crippen LogP contribution in [-0.4, -0.2) is 31.8 Å². The molecule has 0 bridgehead atoms. The Labute approximate surface area is 142 Å². The zero-order chi connectivity index (χ0) is 16.9. The second kappa shape index (κ2) is 7.22. The van der Waals surface area contributed by atoms with Gasteiger partial charge in [-0.2, -0.15) is 5.10 Å². The van der Waals surface area contributed by atoms with E-state index in [1.54, 1.807) is 12.3 Å². The van der Waals surface area contributed by atoms with Crippen molar-refractivity contribution in [3.63, 3.8) is 0 Å². The van der Waals surface area contributed by atoms with Gasteiger partial charge < -0.3 is 9.88 Å². The molecule has 0 unspecified atom stereocenters. The molecule has 0 aliphatic rings. The molecule has 0 aliphatic heterocycles. The van der Waals surface area contributed by atoms with Crippen molar-refractivity contribution in [1.82, 2.24) is 24.6 Å². The van der Waals surface area contributed by atoms with Gasteiger partial charge in [-0.15, -0.1) is 0 Å². The molecule has 24 heavy (non-hydrogen) atoms. The first kappa shape index (κ1) is 16.1. The van der Waals surface area contributed by atoms with Crippen LogP contribution < -0.4 is 10.9 Å². The Kier molecular flexibility index (Phi) is 4.85. The quantitative estimate of drug-likeness (QED) is 0.690. The molecule has 0 saturated heterocycles. The van der Waals surface area contributed by atoms with Crippen LogP contribution in [0.3, 0.4) is 0 Å². The second-order valence-electron chi connectivity index (χ2n) is 5.20. The van der Waals surface area contributed by atoms with Crippen molar-refractivity contribution < 1.29 is 4.79 Å². The number of carbonyl (C=O) groups is 1. The lowest BCUT2D eigenvalue weighted by Crippen LogP contribution is -2.27. The first-order chi connectivity index (χ1) is 11.6. The number of rotatable bonds is 6. The molecule has 8 heteroatoms. The van der Waals surface area contributed by atoms with E-state index in [2.05, 4.69) is 15.4 Å². The van der Waals surface area contributed by atoms with E-state index in [0.29, 0.717) is 30.1 Å². The van der Waals surface area contributed by atoms with Gasteiger partial charge in [0.1, 0.15) is 4.88 Å². The number of nitrogens with one attached hydrogen (secondary N) is 1. The summed E-state index contributed by atoms with van der Waals surface area (Å²) in [6, 6.07) is 6.90. The lowest BCUT2D eigenvalue weighted by molar-refractivity contribution is 0.0956. The fourth-order valence-corrected chi connectivity index (χ4v) is 3.18. The van der Waals surface area contributed by atoms with Crippen LogP contribution >= 0.6 is 11.3 Å². The summed E-state index contributed by atoms with van der Waals surface area (Å²) in [5.41, 5.74) is 0.570. The monoisotopic (exact) mass is 343 g/mol. The summed E-state index contributed by atoms with van der Waals surface area (Å²) < 4.78 is 3.26. The van der Waals surface area contributed by atoms with Crippen LogP contribution in [0.5, 0.6) is 0 Å². The van der Waals surface area contributed by atoms with Crippen LogP contribution in [0.4, 0.5) is 0 Å². The van der Waals surface area contributed by atoms with E-state index in [4.69, 9.17) is 0 Å². The van der Waals surface area contributed by atoms with Gasteiger partial charge in [0.15, 0.2) is 5.13 Å². The molecule has 0 radical (unpaired) electrons. The third-order valence-corrected chi connectivity index (χ3v) is 4.60. The first-order valence-corrected chi connectivity index (χ1v) is 8.38. The fourth-order valence-electron chi connectivity index (χ4n) is 2.23. The SMILES string of the molecule is Cc1nc(-n2cccc2)sc1C(=O)NCCCn1ncccc1=O. The van der Waals surface area contributed by atoms with Gasteiger partial charge in [0, 0.05) is 37.7 Å². The predicted molar refractivity (Wildman–Crippen MR) is 91.6 cm³/mol. The molecule has 0 aromatic carbocycles. The lowest BCUT2D eigenvalue weighted by atomic mass is 10.3. The molecular weight excluding hydrogens is 326 g/mol. The molecule has 3 heterocycles. The summed E-state index contributed by atoms with van der Waals surface area (Å²) in [6.45, 7) is 2.76. The third kappa shape index (κ3) is 3.60. The van der Waals surface area contributed by atoms with E-state index in [9.17, 15) is 9.59 Å². The zero-order valence-electron chi connectivity index (χ0n) is 13.2. The van der Waals surface area contributed by atoms with Gasteiger partial charge in [0.25, 0.3) is 11.5 Å². The zero-order valence-corrected chi connectivity index (χ0v) is 14.0. The van der Waals surface area contributed by atoms with Gasteiger partial charge in [-0.05, 0) is 31.5 Å². The Bertz CT molecular complexity index is 882. The van der Waals surface area contributed by atoms with Gasteiger partial charge in [-0.1, -0.05) is 11.3 Å². The minimum absolute atomic E-state index is 0.140. The Morgan fingerprint density at radius 2 is 2.08 bits per heavy atom. The number of thiazole rings is 1. The maximum atomic E-state index is 12.3. The summed E-state index contributed by atoms with van der Waals surface area (Å²) in [5, 5.41) is 7.61. The minimum Gasteiger partial charge on any atom is -0.351 e. The number of hydrogen-bond acceptors (Lipinski definition) is 5. The molecule has 124 valence electrons. The summed E-state index contributed by atoms with van der Waals surface area (Å²) >= 11 is 1.35. The number of carbonyl (C=O) groups excluding carboxylic acids is 1. The molecule has 0 spiro atoms. The van der Waals surface area contributed by atoms with E-state index in [-0.39, 0.29) is 11.5 Å². The maximum Gasteiger partial charge on any atom is 0.266 e. The van der Waals surface area contributed by atoms with Gasteiger partial charge in [-0.3, -0.25) is 9.59 Å². The van der Waals surface area contributed by atoms with Crippen molar-refractivity contribution in [1.29, 1.82) is 0 Å². The van der Waals surface area contributed by atoms with Gasteiger partial charge >= 0.3 is 0 Å². The molecule has 0 fully saturated rings. The minimum atomic E-state index is -0.142. The highest BCUT2D eigenvalue weighted by Gasteiger charge is 2.15. The number of aromatic nitrogens is 4. The van der Waals surface area contributed by atoms with E-state index in [1.807, 2.05) is 36.0 Å². The van der Waals surface area contributed by atoms with Crippen LogP contribution in [0.15, 0.2) is 47.7 Å². The Morgan fingerprint density at radius 3 is 2.83 bits per heavy atom. The molecule has 3 rings (SSSR count). The number of hydrogen-bond donors (Lipinski definition) is 1. The van der Waals surface area contributed by atoms with Gasteiger partial charge in [0.05, 0.1) is 5.69 Å². The summed E-state index contributed by atoms with van der Waals surface area (Å²) in [7, 11) is 0. The van der Waals surface area contributed by atoms with Crippen molar-refractivity contribution in [2.75, 3.05) is 6.54 Å². The summed E-state index contributed by atoms with van der Waals surface area (Å²) in [6.07, 6.45) is 5.99. The van der Waals surface area contributed by atoms with Gasteiger partial charge in [-0.25, -0.2) is 9.67 Å². The average molecular weight is 343 g/mol. The molecule has 0 atom stereocenters. The highest BCUT2D eigenvalue weighted by Crippen LogP contribution is 2.21.